The van der Waals surface area contributed by atoms with Crippen molar-refractivity contribution in [1.29, 1.82) is 0 Å². The second kappa shape index (κ2) is 24.5. The zero-order chi connectivity index (χ0) is 49.9. The fourth-order valence-corrected chi connectivity index (χ4v) is 7.79. The van der Waals surface area contributed by atoms with Gasteiger partial charge in [0.05, 0.1) is 22.3 Å². The molecule has 0 spiro atoms. The van der Waals surface area contributed by atoms with E-state index in [-0.39, 0.29) is 23.3 Å². The molecule has 0 bridgehead atoms. The van der Waals surface area contributed by atoms with Crippen LogP contribution < -0.4 is 0 Å². The molecule has 0 amide bonds. The van der Waals surface area contributed by atoms with Gasteiger partial charge in [0.2, 0.25) is 0 Å². The van der Waals surface area contributed by atoms with Crippen molar-refractivity contribution >= 4 is 48.1 Å². The summed E-state index contributed by atoms with van der Waals surface area (Å²) in [5.74, 6) is 0.761. The van der Waals surface area contributed by atoms with Gasteiger partial charge in [-0.15, -0.1) is 69.1 Å². The molecule has 0 saturated heterocycles. The molecule has 0 aromatic heterocycles. The molecule has 0 saturated carbocycles. The summed E-state index contributed by atoms with van der Waals surface area (Å²) in [4.78, 5) is 0. The quantitative estimate of drug-likeness (QED) is 0.0729. The summed E-state index contributed by atoms with van der Waals surface area (Å²) in [6.07, 6.45) is -15.3. The van der Waals surface area contributed by atoms with Gasteiger partial charge in [-0.2, -0.15) is 64.8 Å². The average molecular weight is 1070 g/mol. The minimum absolute atomic E-state index is 0.0482. The van der Waals surface area contributed by atoms with E-state index in [1.165, 1.54) is 0 Å². The zero-order valence-electron chi connectivity index (χ0n) is 37.8. The summed E-state index contributed by atoms with van der Waals surface area (Å²) >= 11 is -0.826. The van der Waals surface area contributed by atoms with E-state index in [1.807, 2.05) is 62.4 Å². The number of fused-ring (bicyclic) bond motifs is 2. The van der Waals surface area contributed by atoms with Crippen molar-refractivity contribution in [2.45, 2.75) is 118 Å². The van der Waals surface area contributed by atoms with E-state index in [1.54, 1.807) is 0 Å². The molecule has 0 aliphatic rings. The monoisotopic (exact) mass is 1070 g/mol. The number of hydrogen-bond acceptors (Lipinski definition) is 0. The van der Waals surface area contributed by atoms with Gasteiger partial charge in [-0.05, 0) is 85.0 Å². The third-order valence-electron chi connectivity index (χ3n) is 10.2. The summed E-state index contributed by atoms with van der Waals surface area (Å²) in [7, 11) is 11.0. The number of rotatable bonds is 10. The maximum absolute atomic E-state index is 13.4. The SMILES string of the molecule is CCCc1ccc2[cH-]c(CC(C)C)cc2c1-c1cc(C(F)(F)F)cc(C(F)(F)F)c1.CCCc1ccc2[cH-]c(CC(C)C)cc2c1-c1cc(C(F)(F)F)cc(C(F)(F)F)c1.C[Si]C.[Cl][Zr+2][Cl]. The Kier molecular flexibility index (Phi) is 21.2. The third-order valence-corrected chi connectivity index (χ3v) is 10.2. The third kappa shape index (κ3) is 16.0. The number of benzene rings is 4. The number of halogens is 14. The second-order valence-electron chi connectivity index (χ2n) is 16.8. The molecule has 6 aromatic carbocycles. The van der Waals surface area contributed by atoms with Gasteiger partial charge < -0.3 is 0 Å². The first kappa shape index (κ1) is 57.3. The standard InChI is InChI=1S/2C24H23F6.C2H6Si.2ClH.Zr/c2*1-4-5-16-6-7-17-9-15(8-14(2)3)10-21(17)22(16)18-11-19(23(25,26)27)13-20(12-18)24(28,29)30;1-3-2;;;/h2*6-7,9-14H,4-5,8H2,1-3H3;1-2H3;2*1H;/q2*-1;;;;+4/p-2. The molecule has 0 fully saturated rings. The van der Waals surface area contributed by atoms with Crippen LogP contribution in [0.2, 0.25) is 13.1 Å². The Morgan fingerprint density at radius 1 is 0.500 bits per heavy atom. The van der Waals surface area contributed by atoms with Crippen LogP contribution in [0.15, 0.2) is 84.9 Å². The molecule has 358 valence electrons. The first-order valence-corrected chi connectivity index (χ1v) is 29.5. The molecule has 0 heterocycles. The van der Waals surface area contributed by atoms with Crippen molar-refractivity contribution in [2.75, 3.05) is 0 Å². The Hall–Kier alpha value is -3.06. The normalized spacial score (nSPS) is 12.1. The Morgan fingerprint density at radius 3 is 1.00 bits per heavy atom. The second-order valence-corrected chi connectivity index (χ2v) is 21.5. The van der Waals surface area contributed by atoms with E-state index in [0.29, 0.717) is 46.6 Å². The Labute approximate surface area is 400 Å². The summed E-state index contributed by atoms with van der Waals surface area (Å²) < 4.78 is 161. The molecular formula is C50H52Cl2F12SiZr. The van der Waals surface area contributed by atoms with Crippen LogP contribution >= 0.6 is 17.0 Å². The van der Waals surface area contributed by atoms with E-state index < -0.39 is 67.8 Å². The molecule has 6 aromatic rings. The minimum atomic E-state index is -4.87. The topological polar surface area (TPSA) is 0 Å². The van der Waals surface area contributed by atoms with Gasteiger partial charge in [0, 0.05) is 9.52 Å². The van der Waals surface area contributed by atoms with E-state index in [2.05, 4.69) is 40.8 Å². The molecule has 0 aliphatic heterocycles. The fourth-order valence-electron chi connectivity index (χ4n) is 7.79. The van der Waals surface area contributed by atoms with E-state index in [9.17, 15) is 52.7 Å². The molecule has 16 heteroatoms. The predicted octanol–water partition coefficient (Wildman–Crippen LogP) is 19.0. The zero-order valence-corrected chi connectivity index (χ0v) is 42.7. The molecular weight excluding hydrogens is 1020 g/mol. The van der Waals surface area contributed by atoms with Crippen molar-refractivity contribution in [3.8, 4) is 22.3 Å². The molecule has 0 unspecified atom stereocenters. The van der Waals surface area contributed by atoms with Crippen LogP contribution in [0.1, 0.15) is 98.9 Å². The summed E-state index contributed by atoms with van der Waals surface area (Å²) in [6, 6.07) is 18.8. The number of aryl methyl sites for hydroxylation is 2. The molecule has 66 heavy (non-hydrogen) atoms. The van der Waals surface area contributed by atoms with Gasteiger partial charge >= 0.3 is 62.6 Å². The molecule has 2 radical (unpaired) electrons. The number of hydrogen-bond donors (Lipinski definition) is 0. The first-order valence-electron chi connectivity index (χ1n) is 21.2. The summed E-state index contributed by atoms with van der Waals surface area (Å²) in [5, 5.41) is 3.05. The van der Waals surface area contributed by atoms with Crippen LogP contribution in [-0.4, -0.2) is 9.52 Å². The Balaban J connectivity index is 0.000000313. The van der Waals surface area contributed by atoms with Crippen LogP contribution in [0.4, 0.5) is 52.7 Å². The van der Waals surface area contributed by atoms with Crippen LogP contribution in [-0.2, 0) is 71.2 Å². The molecule has 0 aliphatic carbocycles. The Bertz CT molecular complexity index is 2240. The van der Waals surface area contributed by atoms with Gasteiger partial charge in [0.25, 0.3) is 0 Å². The predicted molar refractivity (Wildman–Crippen MR) is 244 cm³/mol. The van der Waals surface area contributed by atoms with Gasteiger partial charge in [0.15, 0.2) is 0 Å². The molecule has 0 atom stereocenters. The van der Waals surface area contributed by atoms with Crippen molar-refractivity contribution in [1.82, 2.24) is 0 Å². The van der Waals surface area contributed by atoms with E-state index >= 15 is 0 Å². The van der Waals surface area contributed by atoms with Gasteiger partial charge in [-0.1, -0.05) is 89.7 Å². The summed E-state index contributed by atoms with van der Waals surface area (Å²) in [6.45, 7) is 16.4. The fraction of sp³-hybridized carbons (Fsp3) is 0.400. The average Bonchev–Trinajstić information content (AvgIpc) is 3.79. The maximum atomic E-state index is 13.4. The van der Waals surface area contributed by atoms with Gasteiger partial charge in [-0.3, -0.25) is 0 Å². The van der Waals surface area contributed by atoms with Crippen LogP contribution in [0.3, 0.4) is 0 Å². The van der Waals surface area contributed by atoms with Crippen LogP contribution in [0.25, 0.3) is 43.8 Å². The Morgan fingerprint density at radius 2 is 0.773 bits per heavy atom. The van der Waals surface area contributed by atoms with Gasteiger partial charge in [0.1, 0.15) is 0 Å². The van der Waals surface area contributed by atoms with E-state index in [0.717, 1.165) is 92.5 Å². The van der Waals surface area contributed by atoms with Gasteiger partial charge in [-0.25, -0.2) is 0 Å². The van der Waals surface area contributed by atoms with Crippen molar-refractivity contribution in [3.63, 3.8) is 0 Å². The van der Waals surface area contributed by atoms with Crippen LogP contribution in [0, 0.1) is 11.8 Å². The summed E-state index contributed by atoms with van der Waals surface area (Å²) in [5.41, 5.74) is -0.792. The first-order chi connectivity index (χ1) is 30.6. The number of alkyl halides is 12. The molecule has 6 rings (SSSR count). The van der Waals surface area contributed by atoms with E-state index in [4.69, 9.17) is 17.0 Å². The van der Waals surface area contributed by atoms with Crippen molar-refractivity contribution < 1.29 is 73.5 Å². The van der Waals surface area contributed by atoms with Crippen molar-refractivity contribution in [3.05, 3.63) is 129 Å². The van der Waals surface area contributed by atoms with Crippen molar-refractivity contribution in [2.24, 2.45) is 11.8 Å². The molecule has 0 N–H and O–H groups in total. The van der Waals surface area contributed by atoms with Crippen LogP contribution in [0.5, 0.6) is 0 Å². The molecule has 0 nitrogen and oxygen atoms in total.